The zero-order valence-electron chi connectivity index (χ0n) is 10.8. The number of benzene rings is 1. The van der Waals surface area contributed by atoms with Crippen molar-refractivity contribution < 1.29 is 9.47 Å². The number of hydrogen-bond acceptors (Lipinski definition) is 3. The summed E-state index contributed by atoms with van der Waals surface area (Å²) in [5.41, 5.74) is 1.34. The van der Waals surface area contributed by atoms with Gasteiger partial charge in [0.25, 0.3) is 0 Å². The SMILES string of the molecule is COc1ccc(C2CNCCC2C)cc1OC. The number of ether oxygens (including phenoxy) is 2. The summed E-state index contributed by atoms with van der Waals surface area (Å²) >= 11 is 0. The first-order valence-electron chi connectivity index (χ1n) is 6.19. The van der Waals surface area contributed by atoms with Crippen LogP contribution < -0.4 is 14.8 Å². The molecule has 2 atom stereocenters. The van der Waals surface area contributed by atoms with Gasteiger partial charge < -0.3 is 14.8 Å². The van der Waals surface area contributed by atoms with Crippen molar-refractivity contribution in [2.45, 2.75) is 19.3 Å². The highest BCUT2D eigenvalue weighted by atomic mass is 16.5. The molecule has 17 heavy (non-hydrogen) atoms. The van der Waals surface area contributed by atoms with Crippen LogP contribution in [0.25, 0.3) is 0 Å². The first-order chi connectivity index (χ1) is 8.26. The van der Waals surface area contributed by atoms with Gasteiger partial charge in [-0.2, -0.15) is 0 Å². The molecule has 2 rings (SSSR count). The van der Waals surface area contributed by atoms with Crippen LogP contribution in [0.5, 0.6) is 11.5 Å². The molecule has 0 bridgehead atoms. The Balaban J connectivity index is 2.25. The molecule has 2 unspecified atom stereocenters. The predicted molar refractivity (Wildman–Crippen MR) is 68.9 cm³/mol. The largest absolute Gasteiger partial charge is 0.493 e. The van der Waals surface area contributed by atoms with Crippen molar-refractivity contribution >= 4 is 0 Å². The maximum Gasteiger partial charge on any atom is 0.160 e. The highest BCUT2D eigenvalue weighted by molar-refractivity contribution is 5.44. The second kappa shape index (κ2) is 5.41. The molecule has 0 aromatic heterocycles. The second-order valence-electron chi connectivity index (χ2n) is 4.69. The van der Waals surface area contributed by atoms with Gasteiger partial charge in [0, 0.05) is 6.54 Å². The van der Waals surface area contributed by atoms with Gasteiger partial charge in [-0.25, -0.2) is 0 Å². The van der Waals surface area contributed by atoms with Crippen molar-refractivity contribution in [2.24, 2.45) is 5.92 Å². The molecule has 1 heterocycles. The Kier molecular flexibility index (Phi) is 3.89. The van der Waals surface area contributed by atoms with E-state index in [-0.39, 0.29) is 0 Å². The smallest absolute Gasteiger partial charge is 0.160 e. The van der Waals surface area contributed by atoms with E-state index in [1.165, 1.54) is 12.0 Å². The van der Waals surface area contributed by atoms with Crippen molar-refractivity contribution in [1.82, 2.24) is 5.32 Å². The minimum atomic E-state index is 0.573. The average molecular weight is 235 g/mol. The van der Waals surface area contributed by atoms with Crippen LogP contribution in [-0.2, 0) is 0 Å². The maximum atomic E-state index is 5.36. The van der Waals surface area contributed by atoms with E-state index in [0.717, 1.165) is 24.6 Å². The van der Waals surface area contributed by atoms with E-state index >= 15 is 0 Å². The summed E-state index contributed by atoms with van der Waals surface area (Å²) in [6.07, 6.45) is 1.24. The fourth-order valence-corrected chi connectivity index (χ4v) is 2.52. The Morgan fingerprint density at radius 3 is 2.59 bits per heavy atom. The molecule has 1 aliphatic rings. The first-order valence-corrected chi connectivity index (χ1v) is 6.19. The van der Waals surface area contributed by atoms with Crippen LogP contribution in [0, 0.1) is 5.92 Å². The van der Waals surface area contributed by atoms with Gasteiger partial charge in [-0.3, -0.25) is 0 Å². The number of piperidine rings is 1. The van der Waals surface area contributed by atoms with Crippen LogP contribution in [0.4, 0.5) is 0 Å². The summed E-state index contributed by atoms with van der Waals surface area (Å²) < 4.78 is 10.6. The van der Waals surface area contributed by atoms with Crippen LogP contribution in [0.1, 0.15) is 24.8 Å². The normalized spacial score (nSPS) is 24.4. The van der Waals surface area contributed by atoms with Crippen molar-refractivity contribution in [3.05, 3.63) is 23.8 Å². The Morgan fingerprint density at radius 2 is 1.94 bits per heavy atom. The summed E-state index contributed by atoms with van der Waals surface area (Å²) in [7, 11) is 3.35. The number of hydrogen-bond donors (Lipinski definition) is 1. The van der Waals surface area contributed by atoms with Crippen LogP contribution in [-0.4, -0.2) is 27.3 Å². The van der Waals surface area contributed by atoms with Gasteiger partial charge in [-0.1, -0.05) is 13.0 Å². The third-order valence-electron chi connectivity index (χ3n) is 3.66. The first kappa shape index (κ1) is 12.2. The molecule has 1 saturated heterocycles. The van der Waals surface area contributed by atoms with Gasteiger partial charge in [0.1, 0.15) is 0 Å². The molecular weight excluding hydrogens is 214 g/mol. The van der Waals surface area contributed by atoms with Gasteiger partial charge in [0.05, 0.1) is 14.2 Å². The quantitative estimate of drug-likeness (QED) is 0.872. The van der Waals surface area contributed by atoms with E-state index < -0.39 is 0 Å². The summed E-state index contributed by atoms with van der Waals surface area (Å²) in [5.74, 6) is 2.91. The Bertz CT molecular complexity index is 378. The van der Waals surface area contributed by atoms with E-state index in [1.54, 1.807) is 14.2 Å². The van der Waals surface area contributed by atoms with Crippen LogP contribution in [0.15, 0.2) is 18.2 Å². The van der Waals surface area contributed by atoms with Gasteiger partial charge >= 0.3 is 0 Å². The number of nitrogens with one attached hydrogen (secondary N) is 1. The molecule has 1 N–H and O–H groups in total. The lowest BCUT2D eigenvalue weighted by Crippen LogP contribution is -2.33. The molecule has 0 spiro atoms. The summed E-state index contributed by atoms with van der Waals surface area (Å²) in [4.78, 5) is 0. The lowest BCUT2D eigenvalue weighted by molar-refractivity contribution is 0.339. The second-order valence-corrected chi connectivity index (χ2v) is 4.69. The number of methoxy groups -OCH3 is 2. The molecule has 1 aliphatic heterocycles. The van der Waals surface area contributed by atoms with Gasteiger partial charge in [-0.05, 0) is 42.5 Å². The standard InChI is InChI=1S/C14H21NO2/c1-10-6-7-15-9-12(10)11-4-5-13(16-2)14(8-11)17-3/h4-5,8,10,12,15H,6-7,9H2,1-3H3. The molecule has 1 aromatic rings. The monoisotopic (exact) mass is 235 g/mol. The van der Waals surface area contributed by atoms with Gasteiger partial charge in [0.15, 0.2) is 11.5 Å². The summed E-state index contributed by atoms with van der Waals surface area (Å²) in [6.45, 7) is 4.50. The van der Waals surface area contributed by atoms with E-state index in [9.17, 15) is 0 Å². The molecule has 0 saturated carbocycles. The highest BCUT2D eigenvalue weighted by Crippen LogP contribution is 2.34. The van der Waals surface area contributed by atoms with E-state index in [4.69, 9.17) is 9.47 Å². The van der Waals surface area contributed by atoms with Gasteiger partial charge in [0.2, 0.25) is 0 Å². The Labute approximate surface area is 103 Å². The topological polar surface area (TPSA) is 30.5 Å². The minimum absolute atomic E-state index is 0.573. The van der Waals surface area contributed by atoms with Gasteiger partial charge in [-0.15, -0.1) is 0 Å². The molecule has 3 nitrogen and oxygen atoms in total. The van der Waals surface area contributed by atoms with E-state index in [2.05, 4.69) is 24.4 Å². The lowest BCUT2D eigenvalue weighted by atomic mass is 9.83. The van der Waals surface area contributed by atoms with Crippen LogP contribution in [0.2, 0.25) is 0 Å². The van der Waals surface area contributed by atoms with Crippen molar-refractivity contribution in [2.75, 3.05) is 27.3 Å². The summed E-state index contributed by atoms with van der Waals surface area (Å²) in [5, 5.41) is 3.46. The van der Waals surface area contributed by atoms with E-state index in [1.807, 2.05) is 6.07 Å². The zero-order chi connectivity index (χ0) is 12.3. The predicted octanol–water partition coefficient (Wildman–Crippen LogP) is 2.42. The van der Waals surface area contributed by atoms with E-state index in [0.29, 0.717) is 11.8 Å². The molecule has 94 valence electrons. The highest BCUT2D eigenvalue weighted by Gasteiger charge is 2.23. The molecule has 1 aromatic carbocycles. The zero-order valence-corrected chi connectivity index (χ0v) is 10.8. The average Bonchev–Trinajstić information content (AvgIpc) is 2.38. The van der Waals surface area contributed by atoms with Crippen LogP contribution >= 0.6 is 0 Å². The van der Waals surface area contributed by atoms with Crippen molar-refractivity contribution in [3.8, 4) is 11.5 Å². The number of rotatable bonds is 3. The fraction of sp³-hybridized carbons (Fsp3) is 0.571. The maximum absolute atomic E-state index is 5.36. The van der Waals surface area contributed by atoms with Crippen LogP contribution in [0.3, 0.4) is 0 Å². The third kappa shape index (κ3) is 2.55. The third-order valence-corrected chi connectivity index (χ3v) is 3.66. The fourth-order valence-electron chi connectivity index (χ4n) is 2.52. The molecule has 0 aliphatic carbocycles. The van der Waals surface area contributed by atoms with Crippen molar-refractivity contribution in [1.29, 1.82) is 0 Å². The molecular formula is C14H21NO2. The summed E-state index contributed by atoms with van der Waals surface area (Å²) in [6, 6.07) is 6.25. The van der Waals surface area contributed by atoms with Crippen molar-refractivity contribution in [3.63, 3.8) is 0 Å². The molecule has 3 heteroatoms. The Hall–Kier alpha value is -1.22. The molecule has 0 radical (unpaired) electrons. The molecule has 0 amide bonds. The lowest BCUT2D eigenvalue weighted by Gasteiger charge is -2.30. The molecule has 1 fully saturated rings. The Morgan fingerprint density at radius 1 is 1.18 bits per heavy atom. The minimum Gasteiger partial charge on any atom is -0.493 e.